The number of rotatable bonds is 7. The summed E-state index contributed by atoms with van der Waals surface area (Å²) in [5, 5.41) is 16.5. The molecule has 14 heteroatoms. The van der Waals surface area contributed by atoms with Crippen LogP contribution in [0.4, 0.5) is 0 Å². The molecule has 0 aliphatic rings. The molecule has 0 saturated heterocycles. The van der Waals surface area contributed by atoms with Crippen LogP contribution >= 0.6 is 58.0 Å². The van der Waals surface area contributed by atoms with Crippen LogP contribution in [0, 0.1) is 5.92 Å². The highest BCUT2D eigenvalue weighted by atomic mass is 35.5. The molecule has 0 radical (unpaired) electrons. The van der Waals surface area contributed by atoms with E-state index in [1.165, 1.54) is 14.2 Å². The summed E-state index contributed by atoms with van der Waals surface area (Å²) in [7, 11) is 2.58. The molecule has 236 valence electrons. The highest BCUT2D eigenvalue weighted by Gasteiger charge is 2.28. The number of hydrogen-bond donors (Lipinski definition) is 1. The minimum atomic E-state index is -0.527. The van der Waals surface area contributed by atoms with Crippen LogP contribution in [0.15, 0.2) is 46.1 Å². The number of methoxy groups -OCH3 is 2. The molecule has 3 aromatic rings. The Labute approximate surface area is 276 Å². The number of carbonyl (C=O) groups excluding carboxylic acids is 3. The number of aromatic nitrogens is 1. The maximum absolute atomic E-state index is 12.0. The fourth-order valence-corrected chi connectivity index (χ4v) is 4.51. The lowest BCUT2D eigenvalue weighted by Crippen LogP contribution is -2.13. The molecule has 0 amide bonds. The van der Waals surface area contributed by atoms with Crippen molar-refractivity contribution in [1.82, 2.24) is 5.16 Å². The molecular weight excluding hydrogens is 666 g/mol. The van der Waals surface area contributed by atoms with Gasteiger partial charge in [-0.1, -0.05) is 116 Å². The van der Waals surface area contributed by atoms with Gasteiger partial charge in [-0.05, 0) is 24.3 Å². The quantitative estimate of drug-likeness (QED) is 0.0850. The van der Waals surface area contributed by atoms with Crippen LogP contribution in [-0.4, -0.2) is 47.5 Å². The zero-order valence-electron chi connectivity index (χ0n) is 23.5. The molecule has 1 N–H and O–H groups in total. The first-order valence-corrected chi connectivity index (χ1v) is 14.0. The van der Waals surface area contributed by atoms with Crippen molar-refractivity contribution in [2.75, 3.05) is 14.2 Å². The minimum Gasteiger partial charge on any atom is -0.469 e. The molecule has 1 heterocycles. The van der Waals surface area contributed by atoms with Gasteiger partial charge >= 0.3 is 11.9 Å². The van der Waals surface area contributed by atoms with E-state index in [-0.39, 0.29) is 42.2 Å². The predicted molar refractivity (Wildman–Crippen MR) is 171 cm³/mol. The van der Waals surface area contributed by atoms with Crippen LogP contribution in [0.5, 0.6) is 0 Å². The van der Waals surface area contributed by atoms with Crippen molar-refractivity contribution in [3.05, 3.63) is 73.4 Å². The summed E-state index contributed by atoms with van der Waals surface area (Å²) < 4.78 is 14.4. The van der Waals surface area contributed by atoms with Crippen LogP contribution in [0.2, 0.25) is 20.1 Å². The van der Waals surface area contributed by atoms with E-state index < -0.39 is 11.9 Å². The summed E-state index contributed by atoms with van der Waals surface area (Å²) in [6.45, 7) is 7.30. The van der Waals surface area contributed by atoms with Crippen molar-refractivity contribution in [1.29, 1.82) is 0 Å². The Morgan fingerprint density at radius 2 is 1.37 bits per heavy atom. The van der Waals surface area contributed by atoms with Gasteiger partial charge in [0, 0.05) is 17.4 Å². The van der Waals surface area contributed by atoms with E-state index in [0.717, 1.165) is 0 Å². The molecule has 0 fully saturated rings. The SMILES string of the molecule is C.COC(=O)CC(=O)C(C)C.COC(=O)c1c(-c2c(Cl)cccc2Cl)noc1C(C)C.O/N=C(\Cl)c1c(Cl)cccc1Cl. The normalized spacial score (nSPS) is 10.6. The van der Waals surface area contributed by atoms with Crippen molar-refractivity contribution in [2.24, 2.45) is 11.1 Å². The van der Waals surface area contributed by atoms with Crippen molar-refractivity contribution in [3.63, 3.8) is 0 Å². The lowest BCUT2D eigenvalue weighted by atomic mass is 10.0. The first-order valence-electron chi connectivity index (χ1n) is 12.1. The van der Waals surface area contributed by atoms with Crippen LogP contribution in [0.1, 0.15) is 69.1 Å². The lowest BCUT2D eigenvalue weighted by molar-refractivity contribution is -0.144. The number of esters is 2. The first-order chi connectivity index (χ1) is 19.7. The van der Waals surface area contributed by atoms with E-state index >= 15 is 0 Å². The molecule has 0 saturated carbocycles. The molecule has 43 heavy (non-hydrogen) atoms. The summed E-state index contributed by atoms with van der Waals surface area (Å²) in [5.74, 6) is -0.722. The van der Waals surface area contributed by atoms with Crippen molar-refractivity contribution >= 4 is 80.9 Å². The molecular formula is C29H33Cl5N2O7. The van der Waals surface area contributed by atoms with Gasteiger partial charge in [0.2, 0.25) is 0 Å². The second kappa shape index (κ2) is 19.5. The number of ether oxygens (including phenoxy) is 2. The number of hydrogen-bond acceptors (Lipinski definition) is 9. The van der Waals surface area contributed by atoms with E-state index in [1.807, 2.05) is 13.8 Å². The Kier molecular flexibility index (Phi) is 18.2. The summed E-state index contributed by atoms with van der Waals surface area (Å²) in [6, 6.07) is 9.96. The van der Waals surface area contributed by atoms with Gasteiger partial charge in [-0.25, -0.2) is 4.79 Å². The van der Waals surface area contributed by atoms with Gasteiger partial charge in [0.15, 0.2) is 10.9 Å². The maximum atomic E-state index is 12.0. The summed E-state index contributed by atoms with van der Waals surface area (Å²) in [6.07, 6.45) is -0.103. The number of nitrogens with zero attached hydrogens (tertiary/aromatic N) is 2. The predicted octanol–water partition coefficient (Wildman–Crippen LogP) is 9.34. The van der Waals surface area contributed by atoms with Gasteiger partial charge < -0.3 is 19.2 Å². The Hall–Kier alpha value is -2.82. The van der Waals surface area contributed by atoms with Gasteiger partial charge in [0.25, 0.3) is 0 Å². The summed E-state index contributed by atoms with van der Waals surface area (Å²) in [5.41, 5.74) is 1.37. The van der Waals surface area contributed by atoms with Crippen LogP contribution in [-0.2, 0) is 19.1 Å². The molecule has 1 aromatic heterocycles. The van der Waals surface area contributed by atoms with Crippen molar-refractivity contribution in [3.8, 4) is 11.3 Å². The Morgan fingerprint density at radius 3 is 1.77 bits per heavy atom. The molecule has 0 spiro atoms. The highest BCUT2D eigenvalue weighted by molar-refractivity contribution is 6.71. The van der Waals surface area contributed by atoms with Crippen LogP contribution < -0.4 is 0 Å². The number of carbonyl (C=O) groups is 3. The topological polar surface area (TPSA) is 128 Å². The molecule has 0 aliphatic heterocycles. The monoisotopic (exact) mass is 696 g/mol. The van der Waals surface area contributed by atoms with Crippen molar-refractivity contribution in [2.45, 2.75) is 47.5 Å². The number of Topliss-reactive ketones (excluding diaryl/α,β-unsaturated/α-hetero) is 1. The van der Waals surface area contributed by atoms with Crippen LogP contribution in [0.3, 0.4) is 0 Å². The fraction of sp³-hybridized carbons (Fsp3) is 0.345. The Balaban J connectivity index is 0.000000661. The molecule has 9 nitrogen and oxygen atoms in total. The smallest absolute Gasteiger partial charge is 0.343 e. The maximum Gasteiger partial charge on any atom is 0.343 e. The second-order valence-electron chi connectivity index (χ2n) is 8.87. The zero-order chi connectivity index (χ0) is 32.1. The Bertz CT molecular complexity index is 1380. The van der Waals surface area contributed by atoms with E-state index in [4.69, 9.17) is 72.5 Å². The van der Waals surface area contributed by atoms with Gasteiger partial charge in [-0.2, -0.15) is 0 Å². The number of halogens is 5. The largest absolute Gasteiger partial charge is 0.469 e. The van der Waals surface area contributed by atoms with Crippen molar-refractivity contribution < 1.29 is 33.6 Å². The van der Waals surface area contributed by atoms with Crippen LogP contribution in [0.25, 0.3) is 11.3 Å². The zero-order valence-corrected chi connectivity index (χ0v) is 27.3. The standard InChI is InChI=1S/C14H13Cl2NO3.C7H4Cl3NO.C7H12O3.CH4/c1-7(2)13-11(14(18)19-3)12(17-20-13)10-8(15)5-4-6-9(10)16;8-4-2-1-3-5(9)6(4)7(10)11-12;1-5(2)6(8)4-7(9)10-3;/h4-7H,1-3H3;1-3,12H;5H,4H2,1-3H3;1H4/b;11-7-;;. The average molecular weight is 699 g/mol. The molecule has 0 bridgehead atoms. The number of oxime groups is 1. The van der Waals surface area contributed by atoms with Gasteiger partial charge in [-0.15, -0.1) is 0 Å². The summed E-state index contributed by atoms with van der Waals surface area (Å²) >= 11 is 29.3. The first kappa shape index (κ1) is 40.2. The third-order valence-corrected chi connectivity index (χ3v) is 6.80. The van der Waals surface area contributed by atoms with Gasteiger partial charge in [0.05, 0.1) is 39.9 Å². The van der Waals surface area contributed by atoms with E-state index in [9.17, 15) is 14.4 Å². The number of ketones is 1. The summed E-state index contributed by atoms with van der Waals surface area (Å²) in [4.78, 5) is 33.3. The minimum absolute atomic E-state index is 0. The Morgan fingerprint density at radius 1 is 0.884 bits per heavy atom. The van der Waals surface area contributed by atoms with E-state index in [1.54, 1.807) is 50.2 Å². The second-order valence-corrected chi connectivity index (χ2v) is 10.9. The van der Waals surface area contributed by atoms with E-state index in [2.05, 4.69) is 15.0 Å². The van der Waals surface area contributed by atoms with Gasteiger partial charge in [0.1, 0.15) is 23.5 Å². The molecule has 3 rings (SSSR count). The average Bonchev–Trinajstić information content (AvgIpc) is 3.38. The van der Waals surface area contributed by atoms with Gasteiger partial charge in [-0.3, -0.25) is 9.59 Å². The molecule has 0 atom stereocenters. The molecule has 2 aromatic carbocycles. The molecule has 0 unspecified atom stereocenters. The van der Waals surface area contributed by atoms with E-state index in [0.29, 0.717) is 42.7 Å². The molecule has 0 aliphatic carbocycles. The highest BCUT2D eigenvalue weighted by Crippen LogP contribution is 2.38. The lowest BCUT2D eigenvalue weighted by Gasteiger charge is -2.07. The third-order valence-electron chi connectivity index (χ3n) is 5.28. The third kappa shape index (κ3) is 11.7. The fourth-order valence-electron chi connectivity index (χ4n) is 3.05. The number of benzene rings is 2.